The van der Waals surface area contributed by atoms with E-state index < -0.39 is 0 Å². The molecular weight excluding hydrogens is 292 g/mol. The topological polar surface area (TPSA) is 64.4 Å². The Hall–Kier alpha value is -2.30. The molecule has 0 saturated heterocycles. The normalized spacial score (nSPS) is 14.6. The van der Waals surface area contributed by atoms with Gasteiger partial charge in [0.1, 0.15) is 11.5 Å². The lowest BCUT2D eigenvalue weighted by atomic mass is 9.93. The van der Waals surface area contributed by atoms with Gasteiger partial charge in [0.05, 0.1) is 6.61 Å². The van der Waals surface area contributed by atoms with Gasteiger partial charge < -0.3 is 14.6 Å². The van der Waals surface area contributed by atoms with Crippen LogP contribution in [-0.4, -0.2) is 17.7 Å². The quantitative estimate of drug-likeness (QED) is 0.905. The molecule has 23 heavy (non-hydrogen) atoms. The van der Waals surface area contributed by atoms with Crippen LogP contribution in [0.15, 0.2) is 34.9 Å². The molecule has 0 atom stereocenters. The van der Waals surface area contributed by atoms with Gasteiger partial charge >= 0.3 is 0 Å². The van der Waals surface area contributed by atoms with Crippen molar-refractivity contribution in [1.82, 2.24) is 5.16 Å². The van der Waals surface area contributed by atoms with Gasteiger partial charge in [-0.15, -0.1) is 0 Å². The van der Waals surface area contributed by atoms with Crippen molar-refractivity contribution in [3.05, 3.63) is 41.8 Å². The summed E-state index contributed by atoms with van der Waals surface area (Å²) >= 11 is 0. The maximum Gasteiger partial charge on any atom is 0.277 e. The molecule has 1 heterocycles. The minimum absolute atomic E-state index is 0.175. The number of rotatable bonds is 5. The zero-order valence-electron chi connectivity index (χ0n) is 13.8. The van der Waals surface area contributed by atoms with Crippen LogP contribution in [0.5, 0.6) is 5.75 Å². The third kappa shape index (κ3) is 4.12. The van der Waals surface area contributed by atoms with E-state index in [2.05, 4.69) is 10.5 Å². The van der Waals surface area contributed by atoms with Crippen molar-refractivity contribution in [1.29, 1.82) is 0 Å². The van der Waals surface area contributed by atoms with Crippen LogP contribution in [0.4, 0.5) is 5.69 Å². The predicted octanol–water partition coefficient (Wildman–Crippen LogP) is 4.01. The van der Waals surface area contributed by atoms with E-state index in [9.17, 15) is 4.79 Å². The van der Waals surface area contributed by atoms with Crippen molar-refractivity contribution < 1.29 is 14.1 Å². The van der Waals surface area contributed by atoms with Gasteiger partial charge in [-0.25, -0.2) is 0 Å². The number of nitrogens with zero attached hydrogens (tertiary/aromatic N) is 1. The first kappa shape index (κ1) is 15.6. The number of amides is 1. The van der Waals surface area contributed by atoms with E-state index in [4.69, 9.17) is 9.26 Å². The summed E-state index contributed by atoms with van der Waals surface area (Å²) in [5.41, 5.74) is 0.810. The second kappa shape index (κ2) is 6.07. The van der Waals surface area contributed by atoms with Crippen LogP contribution in [0, 0.1) is 5.92 Å². The van der Waals surface area contributed by atoms with Gasteiger partial charge in [0.2, 0.25) is 0 Å². The predicted molar refractivity (Wildman–Crippen MR) is 87.8 cm³/mol. The van der Waals surface area contributed by atoms with Crippen molar-refractivity contribution in [3.8, 4) is 5.75 Å². The highest BCUT2D eigenvalue weighted by molar-refractivity contribution is 6.02. The fourth-order valence-electron chi connectivity index (χ4n) is 2.06. The van der Waals surface area contributed by atoms with E-state index in [-0.39, 0.29) is 17.0 Å². The molecule has 1 aliphatic carbocycles. The summed E-state index contributed by atoms with van der Waals surface area (Å²) in [6.07, 6.45) is 2.53. The van der Waals surface area contributed by atoms with E-state index in [1.54, 1.807) is 6.07 Å². The summed E-state index contributed by atoms with van der Waals surface area (Å²) in [4.78, 5) is 12.2. The van der Waals surface area contributed by atoms with E-state index in [1.807, 2.05) is 45.0 Å². The fourth-order valence-corrected chi connectivity index (χ4v) is 2.06. The number of nitrogens with one attached hydrogen (secondary N) is 1. The maximum atomic E-state index is 12.2. The Morgan fingerprint density at radius 1 is 1.30 bits per heavy atom. The average Bonchev–Trinajstić information content (AvgIpc) is 3.18. The number of benzene rings is 1. The largest absolute Gasteiger partial charge is 0.493 e. The molecule has 0 bridgehead atoms. The van der Waals surface area contributed by atoms with Gasteiger partial charge in [-0.3, -0.25) is 4.79 Å². The Balaban J connectivity index is 1.59. The van der Waals surface area contributed by atoms with E-state index in [0.29, 0.717) is 11.4 Å². The molecule has 1 fully saturated rings. The molecule has 0 unspecified atom stereocenters. The first-order valence-corrected chi connectivity index (χ1v) is 7.93. The van der Waals surface area contributed by atoms with E-state index in [1.165, 1.54) is 12.8 Å². The van der Waals surface area contributed by atoms with Gasteiger partial charge in [0.15, 0.2) is 5.69 Å². The smallest absolute Gasteiger partial charge is 0.277 e. The van der Waals surface area contributed by atoms with Crippen molar-refractivity contribution in [2.75, 3.05) is 11.9 Å². The molecule has 1 N–H and O–H groups in total. The minimum atomic E-state index is -0.282. The molecular formula is C18H22N2O3. The lowest BCUT2D eigenvalue weighted by molar-refractivity contribution is 0.101. The maximum absolute atomic E-state index is 12.2. The zero-order chi connectivity index (χ0) is 16.4. The summed E-state index contributed by atoms with van der Waals surface area (Å²) in [5, 5.41) is 6.65. The highest BCUT2D eigenvalue weighted by Crippen LogP contribution is 2.29. The second-order valence-corrected chi connectivity index (χ2v) is 7.06. The molecule has 1 aromatic carbocycles. The molecule has 2 aromatic rings. The molecule has 0 spiro atoms. The first-order valence-electron chi connectivity index (χ1n) is 7.93. The Bertz CT molecular complexity index is 679. The van der Waals surface area contributed by atoms with Crippen LogP contribution in [0.3, 0.4) is 0 Å². The lowest BCUT2D eigenvalue weighted by Gasteiger charge is -2.12. The monoisotopic (exact) mass is 314 g/mol. The van der Waals surface area contributed by atoms with Crippen LogP contribution in [0.2, 0.25) is 0 Å². The molecule has 0 aliphatic heterocycles. The van der Waals surface area contributed by atoms with Crippen LogP contribution in [0.25, 0.3) is 0 Å². The number of carbonyl (C=O) groups excluding carboxylic acids is 1. The average molecular weight is 314 g/mol. The highest BCUT2D eigenvalue weighted by Gasteiger charge is 2.23. The molecule has 1 aliphatic rings. The van der Waals surface area contributed by atoms with Crippen molar-refractivity contribution in [2.45, 2.75) is 39.0 Å². The third-order valence-corrected chi connectivity index (χ3v) is 3.78. The van der Waals surface area contributed by atoms with Gasteiger partial charge in [0, 0.05) is 17.2 Å². The molecule has 122 valence electrons. The lowest BCUT2D eigenvalue weighted by Crippen LogP contribution is -2.13. The molecule has 1 saturated carbocycles. The van der Waals surface area contributed by atoms with Gasteiger partial charge in [0.25, 0.3) is 5.91 Å². The zero-order valence-corrected chi connectivity index (χ0v) is 13.8. The Kier molecular flexibility index (Phi) is 4.11. The summed E-state index contributed by atoms with van der Waals surface area (Å²) in [5.74, 6) is 1.95. The standard InChI is InChI=1S/C18H22N2O3/c1-18(2,3)16-10-15(20-23-16)17(21)19-13-6-8-14(9-7-13)22-11-12-4-5-12/h6-10,12H,4-5,11H2,1-3H3,(H,19,21). The summed E-state index contributed by atoms with van der Waals surface area (Å²) in [6, 6.07) is 9.06. The summed E-state index contributed by atoms with van der Waals surface area (Å²) < 4.78 is 10.9. The van der Waals surface area contributed by atoms with Crippen molar-refractivity contribution in [2.24, 2.45) is 5.92 Å². The van der Waals surface area contributed by atoms with Crippen LogP contribution in [0.1, 0.15) is 49.9 Å². The number of ether oxygens (including phenoxy) is 1. The fraction of sp³-hybridized carbons (Fsp3) is 0.444. The molecule has 5 nitrogen and oxygen atoms in total. The molecule has 5 heteroatoms. The van der Waals surface area contributed by atoms with Gasteiger partial charge in [-0.05, 0) is 43.0 Å². The SMILES string of the molecule is CC(C)(C)c1cc(C(=O)Nc2ccc(OCC3CC3)cc2)no1. The van der Waals surface area contributed by atoms with Crippen LogP contribution >= 0.6 is 0 Å². The summed E-state index contributed by atoms with van der Waals surface area (Å²) in [7, 11) is 0. The summed E-state index contributed by atoms with van der Waals surface area (Å²) in [6.45, 7) is 6.81. The number of hydrogen-bond donors (Lipinski definition) is 1. The number of aromatic nitrogens is 1. The molecule has 3 rings (SSSR count). The first-order chi connectivity index (χ1) is 10.9. The third-order valence-electron chi connectivity index (χ3n) is 3.78. The van der Waals surface area contributed by atoms with E-state index in [0.717, 1.165) is 18.3 Å². The number of anilines is 1. The van der Waals surface area contributed by atoms with Crippen molar-refractivity contribution >= 4 is 11.6 Å². The molecule has 1 aromatic heterocycles. The van der Waals surface area contributed by atoms with Crippen LogP contribution < -0.4 is 10.1 Å². The Morgan fingerprint density at radius 3 is 2.57 bits per heavy atom. The Morgan fingerprint density at radius 2 is 2.00 bits per heavy atom. The van der Waals surface area contributed by atoms with Gasteiger partial charge in [-0.2, -0.15) is 0 Å². The second-order valence-electron chi connectivity index (χ2n) is 7.06. The Labute approximate surface area is 136 Å². The van der Waals surface area contributed by atoms with Crippen molar-refractivity contribution in [3.63, 3.8) is 0 Å². The molecule has 1 amide bonds. The highest BCUT2D eigenvalue weighted by atomic mass is 16.5. The number of carbonyl (C=O) groups is 1. The van der Waals surface area contributed by atoms with E-state index >= 15 is 0 Å². The number of hydrogen-bond acceptors (Lipinski definition) is 4. The molecule has 0 radical (unpaired) electrons. The van der Waals surface area contributed by atoms with Crippen LogP contribution in [-0.2, 0) is 5.41 Å². The minimum Gasteiger partial charge on any atom is -0.493 e. The van der Waals surface area contributed by atoms with Gasteiger partial charge in [-0.1, -0.05) is 25.9 Å².